The normalized spacial score (nSPS) is 16.3. The Morgan fingerprint density at radius 3 is 3.20 bits per heavy atom. The molecular weight excluding hydrogens is 124 g/mol. The van der Waals surface area contributed by atoms with Crippen LogP contribution in [-0.4, -0.2) is 0 Å². The van der Waals surface area contributed by atoms with Crippen LogP contribution in [0.15, 0.2) is 16.7 Å². The van der Waals surface area contributed by atoms with E-state index in [1.165, 1.54) is 17.2 Å². The Bertz CT molecular complexity index is 343. The molecule has 10 heavy (non-hydrogen) atoms. The first-order valence-electron chi connectivity index (χ1n) is 3.61. The maximum atomic E-state index is 5.30. The fourth-order valence-electron chi connectivity index (χ4n) is 1.38. The summed E-state index contributed by atoms with van der Waals surface area (Å²) in [5.41, 5.74) is 2.47. The number of fused-ring (bicyclic) bond motifs is 1. The van der Waals surface area contributed by atoms with Gasteiger partial charge >= 0.3 is 0 Å². The van der Waals surface area contributed by atoms with Crippen LogP contribution in [-0.2, 0) is 0 Å². The van der Waals surface area contributed by atoms with Gasteiger partial charge in [-0.15, -0.1) is 0 Å². The molecule has 1 aliphatic carbocycles. The van der Waals surface area contributed by atoms with Gasteiger partial charge in [-0.1, -0.05) is 6.08 Å². The van der Waals surface area contributed by atoms with E-state index in [0.717, 1.165) is 11.8 Å². The van der Waals surface area contributed by atoms with Crippen LogP contribution in [0.4, 0.5) is 0 Å². The van der Waals surface area contributed by atoms with E-state index in [1.54, 1.807) is 6.26 Å². The number of hydrogen-bond acceptors (Lipinski definition) is 1. The van der Waals surface area contributed by atoms with E-state index in [0.29, 0.717) is 0 Å². The van der Waals surface area contributed by atoms with Crippen molar-refractivity contribution in [3.8, 4) is 0 Å². The lowest BCUT2D eigenvalue weighted by Crippen LogP contribution is -2.24. The van der Waals surface area contributed by atoms with Crippen molar-refractivity contribution in [1.82, 2.24) is 0 Å². The topological polar surface area (TPSA) is 13.1 Å². The van der Waals surface area contributed by atoms with Crippen LogP contribution in [0.25, 0.3) is 11.6 Å². The van der Waals surface area contributed by atoms with E-state index in [2.05, 4.69) is 13.0 Å². The molecule has 0 N–H and O–H groups in total. The van der Waals surface area contributed by atoms with Crippen molar-refractivity contribution < 1.29 is 4.42 Å². The fourth-order valence-corrected chi connectivity index (χ4v) is 1.38. The first-order chi connectivity index (χ1) is 4.88. The van der Waals surface area contributed by atoms with Crippen molar-refractivity contribution in [1.29, 1.82) is 0 Å². The quantitative estimate of drug-likeness (QED) is 0.516. The predicted octanol–water partition coefficient (Wildman–Crippen LogP) is 1.02. The van der Waals surface area contributed by atoms with Crippen molar-refractivity contribution in [2.75, 3.05) is 0 Å². The van der Waals surface area contributed by atoms with E-state index in [1.807, 2.05) is 6.07 Å². The molecule has 1 nitrogen and oxygen atoms in total. The molecular formula is C9H10O. The lowest BCUT2D eigenvalue weighted by atomic mass is 10.1. The largest absolute Gasteiger partial charge is 0.464 e. The minimum Gasteiger partial charge on any atom is -0.464 e. The summed E-state index contributed by atoms with van der Waals surface area (Å²) in [5.74, 6) is 0. The van der Waals surface area contributed by atoms with Gasteiger partial charge in [-0.05, 0) is 31.4 Å². The lowest BCUT2D eigenvalue weighted by molar-refractivity contribution is 0.524. The maximum Gasteiger partial charge on any atom is 0.132 e. The highest BCUT2D eigenvalue weighted by molar-refractivity contribution is 5.46. The van der Waals surface area contributed by atoms with Gasteiger partial charge in [-0.25, -0.2) is 0 Å². The smallest absolute Gasteiger partial charge is 0.132 e. The minimum atomic E-state index is 1.09. The van der Waals surface area contributed by atoms with Crippen LogP contribution in [0.1, 0.15) is 19.8 Å². The summed E-state index contributed by atoms with van der Waals surface area (Å²) < 4.78 is 5.30. The fraction of sp³-hybridized carbons (Fsp3) is 0.333. The van der Waals surface area contributed by atoms with Gasteiger partial charge in [0.15, 0.2) is 0 Å². The van der Waals surface area contributed by atoms with Crippen molar-refractivity contribution in [3.05, 3.63) is 23.0 Å². The second kappa shape index (κ2) is 2.01. The second-order valence-electron chi connectivity index (χ2n) is 2.73. The van der Waals surface area contributed by atoms with Crippen molar-refractivity contribution in [2.45, 2.75) is 19.8 Å². The van der Waals surface area contributed by atoms with Crippen LogP contribution >= 0.6 is 0 Å². The molecule has 0 radical (unpaired) electrons. The van der Waals surface area contributed by atoms with E-state index < -0.39 is 0 Å². The Hall–Kier alpha value is -0.980. The monoisotopic (exact) mass is 134 g/mol. The van der Waals surface area contributed by atoms with E-state index in [9.17, 15) is 0 Å². The number of rotatable bonds is 0. The summed E-state index contributed by atoms with van der Waals surface area (Å²) in [6, 6.07) is 2.03. The van der Waals surface area contributed by atoms with Gasteiger partial charge in [0, 0.05) is 5.22 Å². The Morgan fingerprint density at radius 2 is 2.40 bits per heavy atom. The third-order valence-electron chi connectivity index (χ3n) is 1.97. The zero-order valence-electron chi connectivity index (χ0n) is 6.05. The maximum absolute atomic E-state index is 5.30. The number of furan rings is 1. The highest BCUT2D eigenvalue weighted by Gasteiger charge is 2.00. The third kappa shape index (κ3) is 0.703. The second-order valence-corrected chi connectivity index (χ2v) is 2.73. The summed E-state index contributed by atoms with van der Waals surface area (Å²) in [5, 5.41) is 1.27. The van der Waals surface area contributed by atoms with Crippen LogP contribution < -0.4 is 10.6 Å². The summed E-state index contributed by atoms with van der Waals surface area (Å²) in [7, 11) is 0. The van der Waals surface area contributed by atoms with E-state index >= 15 is 0 Å². The zero-order valence-corrected chi connectivity index (χ0v) is 6.05. The first kappa shape index (κ1) is 5.78. The van der Waals surface area contributed by atoms with Crippen LogP contribution in [0.2, 0.25) is 0 Å². The summed E-state index contributed by atoms with van der Waals surface area (Å²) in [4.78, 5) is 0. The average Bonchev–Trinajstić information content (AvgIpc) is 2.36. The predicted molar refractivity (Wildman–Crippen MR) is 40.7 cm³/mol. The summed E-state index contributed by atoms with van der Waals surface area (Å²) >= 11 is 0. The van der Waals surface area contributed by atoms with Crippen molar-refractivity contribution in [3.63, 3.8) is 0 Å². The minimum absolute atomic E-state index is 1.09. The summed E-state index contributed by atoms with van der Waals surface area (Å²) in [6.07, 6.45) is 6.31. The molecule has 52 valence electrons. The van der Waals surface area contributed by atoms with Gasteiger partial charge in [0.2, 0.25) is 0 Å². The first-order valence-corrected chi connectivity index (χ1v) is 3.61. The molecule has 2 rings (SSSR count). The highest BCUT2D eigenvalue weighted by Crippen LogP contribution is 2.05. The SMILES string of the molecule is CC1=c2occc2=CCC1. The molecule has 0 aliphatic heterocycles. The van der Waals surface area contributed by atoms with Crippen LogP contribution in [0, 0.1) is 0 Å². The lowest BCUT2D eigenvalue weighted by Gasteiger charge is -1.99. The van der Waals surface area contributed by atoms with Crippen molar-refractivity contribution in [2.24, 2.45) is 0 Å². The van der Waals surface area contributed by atoms with Crippen LogP contribution in [0.5, 0.6) is 0 Å². The molecule has 0 saturated heterocycles. The molecule has 0 aromatic carbocycles. The van der Waals surface area contributed by atoms with Gasteiger partial charge < -0.3 is 4.42 Å². The van der Waals surface area contributed by atoms with E-state index in [-0.39, 0.29) is 0 Å². The van der Waals surface area contributed by atoms with Gasteiger partial charge in [-0.2, -0.15) is 0 Å². The number of hydrogen-bond donors (Lipinski definition) is 0. The van der Waals surface area contributed by atoms with Crippen molar-refractivity contribution >= 4 is 11.6 Å². The highest BCUT2D eigenvalue weighted by atomic mass is 16.3. The molecule has 0 amide bonds. The molecule has 0 bridgehead atoms. The average molecular weight is 134 g/mol. The standard InChI is InChI=1S/C9H10O/c1-7-3-2-4-8-5-6-10-9(7)8/h4-6H,2-3H2,1H3. The Kier molecular flexibility index (Phi) is 1.16. The summed E-state index contributed by atoms with van der Waals surface area (Å²) in [6.45, 7) is 2.13. The molecule has 1 aromatic heterocycles. The molecule has 1 heteroatoms. The molecule has 0 fully saturated rings. The zero-order chi connectivity index (χ0) is 6.97. The van der Waals surface area contributed by atoms with Gasteiger partial charge in [0.1, 0.15) is 5.42 Å². The molecule has 0 spiro atoms. The molecule has 0 saturated carbocycles. The van der Waals surface area contributed by atoms with E-state index in [4.69, 9.17) is 4.42 Å². The molecule has 1 aromatic rings. The molecule has 0 unspecified atom stereocenters. The molecule has 0 atom stereocenters. The van der Waals surface area contributed by atoms with Gasteiger partial charge in [-0.3, -0.25) is 0 Å². The third-order valence-corrected chi connectivity index (χ3v) is 1.97. The van der Waals surface area contributed by atoms with Gasteiger partial charge in [0.25, 0.3) is 0 Å². The molecule has 1 aliphatic rings. The van der Waals surface area contributed by atoms with Crippen LogP contribution in [0.3, 0.4) is 0 Å². The van der Waals surface area contributed by atoms with Gasteiger partial charge in [0.05, 0.1) is 6.26 Å². The Morgan fingerprint density at radius 1 is 1.50 bits per heavy atom. The molecule has 1 heterocycles. The Labute approximate surface area is 59.7 Å². The Balaban J connectivity index is 2.91.